The highest BCUT2D eigenvalue weighted by Gasteiger charge is 2.18. The molecule has 4 aromatic carbocycles. The van der Waals surface area contributed by atoms with Gasteiger partial charge >= 0.3 is 20.2 Å². The van der Waals surface area contributed by atoms with Crippen molar-refractivity contribution in [1.29, 1.82) is 0 Å². The van der Waals surface area contributed by atoms with Gasteiger partial charge in [0.2, 0.25) is 0 Å². The standard InChI is InChI=1S/C33H34N2O6S4/c1-24-8-16-28(17-9-24)42-32(34-40-44(36,37)30-20-12-26(3)13-21-30)6-5-7-33(43-29-18-10-25(2)11-19-29)35-41-45(38,39)31-22-14-27(4)15-23-31/h8-23H,5-7H2,1-4H3. The monoisotopic (exact) mass is 682 g/mol. The number of hydrogen-bond acceptors (Lipinski definition) is 10. The van der Waals surface area contributed by atoms with Crippen molar-refractivity contribution >= 4 is 53.8 Å². The maximum absolute atomic E-state index is 12.8. The van der Waals surface area contributed by atoms with E-state index in [0.717, 1.165) is 32.0 Å². The van der Waals surface area contributed by atoms with Crippen molar-refractivity contribution in [1.82, 2.24) is 0 Å². The zero-order valence-electron chi connectivity index (χ0n) is 25.3. The Kier molecular flexibility index (Phi) is 11.9. The van der Waals surface area contributed by atoms with Crippen LogP contribution in [-0.4, -0.2) is 26.9 Å². The fourth-order valence-corrected chi connectivity index (χ4v) is 7.10. The van der Waals surface area contributed by atoms with Crippen LogP contribution in [0.3, 0.4) is 0 Å². The summed E-state index contributed by atoms with van der Waals surface area (Å²) in [6.45, 7) is 7.69. The molecule has 0 heterocycles. The SMILES string of the molecule is Cc1ccc(SC(CCCC(=NOS(=O)(=O)c2ccc(C)cc2)Sc2ccc(C)cc2)=NOS(=O)(=O)c2ccc(C)cc2)cc1. The van der Waals surface area contributed by atoms with E-state index in [2.05, 4.69) is 10.3 Å². The Morgan fingerprint density at radius 2 is 0.800 bits per heavy atom. The van der Waals surface area contributed by atoms with Crippen molar-refractivity contribution in [3.8, 4) is 0 Å². The summed E-state index contributed by atoms with van der Waals surface area (Å²) in [6, 6.07) is 28.2. The number of aryl methyl sites for hydroxylation is 4. The first kappa shape index (κ1) is 34.3. The Balaban J connectivity index is 1.53. The first-order chi connectivity index (χ1) is 21.4. The average molecular weight is 683 g/mol. The zero-order chi connectivity index (χ0) is 32.5. The predicted molar refractivity (Wildman–Crippen MR) is 182 cm³/mol. The van der Waals surface area contributed by atoms with E-state index >= 15 is 0 Å². The summed E-state index contributed by atoms with van der Waals surface area (Å²) in [6.07, 6.45) is 1.12. The Morgan fingerprint density at radius 3 is 1.11 bits per heavy atom. The number of thioether (sulfide) groups is 2. The molecule has 0 N–H and O–H groups in total. The van der Waals surface area contributed by atoms with Gasteiger partial charge in [-0.15, -0.1) is 0 Å². The van der Waals surface area contributed by atoms with Crippen LogP contribution in [0.2, 0.25) is 0 Å². The van der Waals surface area contributed by atoms with E-state index in [1.807, 2.05) is 76.2 Å². The van der Waals surface area contributed by atoms with Gasteiger partial charge in [0.05, 0.1) is 0 Å². The van der Waals surface area contributed by atoms with Crippen molar-refractivity contribution in [2.75, 3.05) is 0 Å². The van der Waals surface area contributed by atoms with Gasteiger partial charge in [0, 0.05) is 9.79 Å². The molecule has 8 nitrogen and oxygen atoms in total. The van der Waals surface area contributed by atoms with Crippen molar-refractivity contribution in [3.63, 3.8) is 0 Å². The van der Waals surface area contributed by atoms with Gasteiger partial charge in [-0.2, -0.15) is 16.8 Å². The van der Waals surface area contributed by atoms with Crippen molar-refractivity contribution in [3.05, 3.63) is 119 Å². The smallest absolute Gasteiger partial charge is 0.264 e. The van der Waals surface area contributed by atoms with Crippen molar-refractivity contribution in [2.24, 2.45) is 10.3 Å². The molecule has 45 heavy (non-hydrogen) atoms. The molecule has 4 rings (SSSR count). The molecule has 0 spiro atoms. The van der Waals surface area contributed by atoms with Gasteiger partial charge in [-0.25, -0.2) is 0 Å². The second-order valence-corrected chi connectivity index (χ2v) is 15.7. The molecular formula is C33H34N2O6S4. The van der Waals surface area contributed by atoms with Crippen LogP contribution in [0.4, 0.5) is 0 Å². The normalized spacial score (nSPS) is 12.6. The summed E-state index contributed by atoms with van der Waals surface area (Å²) in [7, 11) is -8.25. The second-order valence-electron chi connectivity index (χ2n) is 10.3. The summed E-state index contributed by atoms with van der Waals surface area (Å²) >= 11 is 2.59. The van der Waals surface area contributed by atoms with E-state index < -0.39 is 20.2 Å². The number of hydrogen-bond donors (Lipinski definition) is 0. The lowest BCUT2D eigenvalue weighted by atomic mass is 10.2. The minimum atomic E-state index is -4.13. The largest absolute Gasteiger partial charge is 0.358 e. The van der Waals surface area contributed by atoms with Crippen LogP contribution in [0.5, 0.6) is 0 Å². The third-order valence-electron chi connectivity index (χ3n) is 6.39. The van der Waals surface area contributed by atoms with E-state index in [9.17, 15) is 16.8 Å². The Bertz CT molecular complexity index is 1710. The second kappa shape index (κ2) is 15.6. The molecule has 0 amide bonds. The molecule has 236 valence electrons. The summed E-state index contributed by atoms with van der Waals surface area (Å²) in [5.74, 6) is 0. The highest BCUT2D eigenvalue weighted by molar-refractivity contribution is 8.14. The molecule has 0 radical (unpaired) electrons. The molecule has 12 heteroatoms. The van der Waals surface area contributed by atoms with Crippen molar-refractivity contribution < 1.29 is 25.4 Å². The van der Waals surface area contributed by atoms with Gasteiger partial charge in [-0.1, -0.05) is 105 Å². The van der Waals surface area contributed by atoms with Crippen LogP contribution in [0.15, 0.2) is 127 Å². The predicted octanol–water partition coefficient (Wildman–Crippen LogP) is 8.41. The lowest BCUT2D eigenvalue weighted by Crippen LogP contribution is -2.06. The van der Waals surface area contributed by atoms with Crippen LogP contribution < -0.4 is 0 Å². The number of benzene rings is 4. The lowest BCUT2D eigenvalue weighted by molar-refractivity contribution is 0.339. The minimum absolute atomic E-state index is 0.00684. The molecule has 4 aromatic rings. The Hall–Kier alpha value is -3.58. The van der Waals surface area contributed by atoms with Gasteiger partial charge in [0.15, 0.2) is 0 Å². The first-order valence-corrected chi connectivity index (χ1v) is 18.5. The molecule has 0 bridgehead atoms. The van der Waals surface area contributed by atoms with Crippen LogP contribution in [0.1, 0.15) is 41.5 Å². The van der Waals surface area contributed by atoms with E-state index in [0.29, 0.717) is 29.3 Å². The zero-order valence-corrected chi connectivity index (χ0v) is 28.6. The van der Waals surface area contributed by atoms with Crippen LogP contribution in [-0.2, 0) is 28.8 Å². The molecule has 0 aromatic heterocycles. The Morgan fingerprint density at radius 1 is 0.511 bits per heavy atom. The van der Waals surface area contributed by atoms with E-state index in [4.69, 9.17) is 8.57 Å². The van der Waals surface area contributed by atoms with E-state index in [1.54, 1.807) is 24.3 Å². The van der Waals surface area contributed by atoms with Crippen molar-refractivity contribution in [2.45, 2.75) is 66.5 Å². The highest BCUT2D eigenvalue weighted by Crippen LogP contribution is 2.28. The molecule has 0 saturated heterocycles. The molecule has 0 atom stereocenters. The molecule has 0 aliphatic heterocycles. The molecule has 0 unspecified atom stereocenters. The topological polar surface area (TPSA) is 111 Å². The fraction of sp³-hybridized carbons (Fsp3) is 0.212. The van der Waals surface area contributed by atoms with Gasteiger partial charge in [-0.05, 0) is 95.5 Å². The third-order valence-corrected chi connectivity index (χ3v) is 10.7. The summed E-state index contributed by atoms with van der Waals surface area (Å²) in [4.78, 5) is 1.75. The summed E-state index contributed by atoms with van der Waals surface area (Å²) < 4.78 is 61.6. The molecule has 0 saturated carbocycles. The minimum Gasteiger partial charge on any atom is -0.264 e. The molecule has 0 aliphatic carbocycles. The van der Waals surface area contributed by atoms with E-state index in [1.165, 1.54) is 47.8 Å². The van der Waals surface area contributed by atoms with E-state index in [-0.39, 0.29) is 9.79 Å². The number of oxime groups is 2. The Labute approximate surface area is 274 Å². The lowest BCUT2D eigenvalue weighted by Gasteiger charge is -2.10. The molecule has 0 fully saturated rings. The highest BCUT2D eigenvalue weighted by atomic mass is 32.2. The van der Waals surface area contributed by atoms with Gasteiger partial charge in [0.25, 0.3) is 0 Å². The van der Waals surface area contributed by atoms with Gasteiger partial charge < -0.3 is 0 Å². The number of rotatable bonds is 12. The average Bonchev–Trinajstić information content (AvgIpc) is 3.01. The first-order valence-electron chi connectivity index (χ1n) is 14.0. The van der Waals surface area contributed by atoms with Gasteiger partial charge in [0.1, 0.15) is 19.9 Å². The third kappa shape index (κ3) is 10.8. The molecule has 0 aliphatic rings. The maximum atomic E-state index is 12.8. The number of nitrogens with zero attached hydrogens (tertiary/aromatic N) is 2. The quantitative estimate of drug-likeness (QED) is 0.0634. The van der Waals surface area contributed by atoms with Crippen LogP contribution >= 0.6 is 23.5 Å². The fourth-order valence-electron chi connectivity index (χ4n) is 3.78. The maximum Gasteiger partial charge on any atom is 0.358 e. The summed E-state index contributed by atoms with van der Waals surface area (Å²) in [5.41, 5.74) is 4.02. The summed E-state index contributed by atoms with van der Waals surface area (Å²) in [5, 5.41) is 8.97. The van der Waals surface area contributed by atoms with Crippen LogP contribution in [0, 0.1) is 27.7 Å². The van der Waals surface area contributed by atoms with Gasteiger partial charge in [-0.3, -0.25) is 8.57 Å². The molecular weight excluding hydrogens is 649 g/mol. The van der Waals surface area contributed by atoms with Crippen LogP contribution in [0.25, 0.3) is 0 Å².